The third-order valence-corrected chi connectivity index (χ3v) is 4.38. The van der Waals surface area contributed by atoms with Gasteiger partial charge in [0.2, 0.25) is 0 Å². The number of halogens is 1. The van der Waals surface area contributed by atoms with Crippen molar-refractivity contribution in [3.63, 3.8) is 0 Å². The first-order chi connectivity index (χ1) is 8.44. The lowest BCUT2D eigenvalue weighted by molar-refractivity contribution is 0.116. The van der Waals surface area contributed by atoms with Gasteiger partial charge in [0.25, 0.3) is 0 Å². The zero-order valence-corrected chi connectivity index (χ0v) is 12.9. The van der Waals surface area contributed by atoms with Crippen molar-refractivity contribution in [2.75, 3.05) is 6.61 Å². The highest BCUT2D eigenvalue weighted by Crippen LogP contribution is 2.44. The van der Waals surface area contributed by atoms with E-state index in [1.54, 1.807) is 0 Å². The Hall–Kier alpha value is -0.540. The molecule has 2 nitrogen and oxygen atoms in total. The van der Waals surface area contributed by atoms with E-state index in [1.165, 1.54) is 5.56 Å². The fourth-order valence-corrected chi connectivity index (χ4v) is 3.35. The topological polar surface area (TPSA) is 29.5 Å². The molecule has 1 aliphatic rings. The van der Waals surface area contributed by atoms with E-state index < -0.39 is 6.10 Å². The van der Waals surface area contributed by atoms with Gasteiger partial charge in [0, 0.05) is 15.6 Å². The second-order valence-electron chi connectivity index (χ2n) is 5.75. The molecule has 100 valence electrons. The first kappa shape index (κ1) is 13.9. The zero-order chi connectivity index (χ0) is 13.3. The summed E-state index contributed by atoms with van der Waals surface area (Å²) in [6.07, 6.45) is 2.43. The molecule has 0 heterocycles. The average molecular weight is 313 g/mol. The van der Waals surface area contributed by atoms with Crippen molar-refractivity contribution in [1.82, 2.24) is 0 Å². The molecule has 1 unspecified atom stereocenters. The van der Waals surface area contributed by atoms with Gasteiger partial charge >= 0.3 is 0 Å². The van der Waals surface area contributed by atoms with Crippen LogP contribution in [0.3, 0.4) is 0 Å². The number of hydrogen-bond donors (Lipinski definition) is 1. The van der Waals surface area contributed by atoms with Crippen LogP contribution in [0.5, 0.6) is 5.75 Å². The Morgan fingerprint density at radius 1 is 1.44 bits per heavy atom. The molecule has 2 rings (SSSR count). The van der Waals surface area contributed by atoms with E-state index in [0.717, 1.165) is 35.0 Å². The predicted molar refractivity (Wildman–Crippen MR) is 77.0 cm³/mol. The number of fused-ring (bicyclic) bond motifs is 1. The molecule has 0 bridgehead atoms. The van der Waals surface area contributed by atoms with Crippen LogP contribution >= 0.6 is 15.9 Å². The molecule has 1 aromatic carbocycles. The van der Waals surface area contributed by atoms with Crippen molar-refractivity contribution in [2.24, 2.45) is 5.41 Å². The molecule has 18 heavy (non-hydrogen) atoms. The van der Waals surface area contributed by atoms with Gasteiger partial charge in [-0.3, -0.25) is 0 Å². The summed E-state index contributed by atoms with van der Waals surface area (Å²) in [7, 11) is 0. The van der Waals surface area contributed by atoms with Crippen LogP contribution < -0.4 is 4.74 Å². The van der Waals surface area contributed by atoms with Crippen molar-refractivity contribution in [3.05, 3.63) is 27.7 Å². The standard InChI is InChI=1S/C15H21BrO2/c1-4-18-13-6-5-11(16)14-10(13)7-8-15(2,3)9-12(14)17/h5-6,12,17H,4,7-9H2,1-3H3. The second kappa shape index (κ2) is 5.22. The fraction of sp³-hybridized carbons (Fsp3) is 0.600. The number of ether oxygens (including phenoxy) is 1. The van der Waals surface area contributed by atoms with E-state index in [0.29, 0.717) is 6.61 Å². The number of benzene rings is 1. The number of aliphatic hydroxyl groups excluding tert-OH is 1. The Bertz CT molecular complexity index is 440. The van der Waals surface area contributed by atoms with E-state index in [2.05, 4.69) is 29.8 Å². The van der Waals surface area contributed by atoms with Crippen molar-refractivity contribution in [3.8, 4) is 5.75 Å². The molecule has 0 saturated carbocycles. The van der Waals surface area contributed by atoms with Crippen LogP contribution in [0.25, 0.3) is 0 Å². The second-order valence-corrected chi connectivity index (χ2v) is 6.61. The summed E-state index contributed by atoms with van der Waals surface area (Å²) in [5.41, 5.74) is 2.36. The smallest absolute Gasteiger partial charge is 0.122 e. The Morgan fingerprint density at radius 2 is 2.17 bits per heavy atom. The molecule has 0 fully saturated rings. The third-order valence-electron chi connectivity index (χ3n) is 3.69. The summed E-state index contributed by atoms with van der Waals surface area (Å²) in [5.74, 6) is 0.924. The fourth-order valence-electron chi connectivity index (χ4n) is 2.72. The maximum absolute atomic E-state index is 10.5. The lowest BCUT2D eigenvalue weighted by Crippen LogP contribution is -2.13. The molecule has 3 heteroatoms. The summed E-state index contributed by atoms with van der Waals surface area (Å²) in [6.45, 7) is 7.09. The van der Waals surface area contributed by atoms with E-state index in [9.17, 15) is 5.11 Å². The van der Waals surface area contributed by atoms with Crippen LogP contribution in [0.1, 0.15) is 50.8 Å². The van der Waals surface area contributed by atoms with Gasteiger partial charge < -0.3 is 9.84 Å². The normalized spacial score (nSPS) is 22.2. The lowest BCUT2D eigenvalue weighted by atomic mass is 9.84. The first-order valence-corrected chi connectivity index (χ1v) is 7.36. The molecule has 1 N–H and O–H groups in total. The van der Waals surface area contributed by atoms with Gasteiger partial charge in [0.15, 0.2) is 0 Å². The molecular formula is C15H21BrO2. The van der Waals surface area contributed by atoms with Gasteiger partial charge in [0.05, 0.1) is 12.7 Å². The molecule has 0 spiro atoms. The molecule has 0 amide bonds. The quantitative estimate of drug-likeness (QED) is 0.827. The maximum atomic E-state index is 10.5. The van der Waals surface area contributed by atoms with E-state index in [4.69, 9.17) is 4.74 Å². The van der Waals surface area contributed by atoms with Crippen LogP contribution in [0, 0.1) is 5.41 Å². The van der Waals surface area contributed by atoms with E-state index in [1.807, 2.05) is 19.1 Å². The van der Waals surface area contributed by atoms with Crippen molar-refractivity contribution in [1.29, 1.82) is 0 Å². The summed E-state index contributed by atoms with van der Waals surface area (Å²) in [6, 6.07) is 3.98. The third kappa shape index (κ3) is 2.72. The number of rotatable bonds is 2. The lowest BCUT2D eigenvalue weighted by Gasteiger charge is -2.24. The molecule has 1 atom stereocenters. The highest BCUT2D eigenvalue weighted by atomic mass is 79.9. The van der Waals surface area contributed by atoms with Gasteiger partial charge in [0.1, 0.15) is 5.75 Å². The van der Waals surface area contributed by atoms with Crippen LogP contribution in [0.15, 0.2) is 16.6 Å². The van der Waals surface area contributed by atoms with Crippen molar-refractivity contribution >= 4 is 15.9 Å². The highest BCUT2D eigenvalue weighted by molar-refractivity contribution is 9.10. The van der Waals surface area contributed by atoms with Gasteiger partial charge in [-0.15, -0.1) is 0 Å². The molecule has 0 saturated heterocycles. The van der Waals surface area contributed by atoms with Crippen molar-refractivity contribution < 1.29 is 9.84 Å². The SMILES string of the molecule is CCOc1ccc(Br)c2c1CCC(C)(C)CC2O. The van der Waals surface area contributed by atoms with E-state index >= 15 is 0 Å². The van der Waals surface area contributed by atoms with Crippen molar-refractivity contribution in [2.45, 2.75) is 46.1 Å². The van der Waals surface area contributed by atoms with Crippen LogP contribution in [-0.4, -0.2) is 11.7 Å². The van der Waals surface area contributed by atoms with Crippen LogP contribution in [-0.2, 0) is 6.42 Å². The minimum absolute atomic E-state index is 0.168. The molecular weight excluding hydrogens is 292 g/mol. The number of aliphatic hydroxyl groups is 1. The molecule has 0 aromatic heterocycles. The van der Waals surface area contributed by atoms with Crippen LogP contribution in [0.2, 0.25) is 0 Å². The Balaban J connectivity index is 2.49. The molecule has 1 aliphatic carbocycles. The van der Waals surface area contributed by atoms with Gasteiger partial charge in [-0.05, 0) is 43.7 Å². The first-order valence-electron chi connectivity index (χ1n) is 6.57. The highest BCUT2D eigenvalue weighted by Gasteiger charge is 2.31. The summed E-state index contributed by atoms with van der Waals surface area (Å²) in [5, 5.41) is 10.5. The molecule has 0 radical (unpaired) electrons. The predicted octanol–water partition coefficient (Wildman–Crippen LogP) is 4.24. The molecule has 0 aliphatic heterocycles. The Morgan fingerprint density at radius 3 is 2.83 bits per heavy atom. The Kier molecular flexibility index (Phi) is 4.02. The monoisotopic (exact) mass is 312 g/mol. The average Bonchev–Trinajstić information content (AvgIpc) is 2.39. The van der Waals surface area contributed by atoms with E-state index in [-0.39, 0.29) is 5.41 Å². The summed E-state index contributed by atoms with van der Waals surface area (Å²) in [4.78, 5) is 0. The largest absolute Gasteiger partial charge is 0.494 e. The summed E-state index contributed by atoms with van der Waals surface area (Å²) < 4.78 is 6.69. The van der Waals surface area contributed by atoms with Gasteiger partial charge in [-0.1, -0.05) is 29.8 Å². The zero-order valence-electron chi connectivity index (χ0n) is 11.3. The Labute approximate surface area is 117 Å². The van der Waals surface area contributed by atoms with Gasteiger partial charge in [-0.2, -0.15) is 0 Å². The minimum atomic E-state index is -0.410. The van der Waals surface area contributed by atoms with Gasteiger partial charge in [-0.25, -0.2) is 0 Å². The van der Waals surface area contributed by atoms with Crippen LogP contribution in [0.4, 0.5) is 0 Å². The minimum Gasteiger partial charge on any atom is -0.494 e. The maximum Gasteiger partial charge on any atom is 0.122 e. The number of hydrogen-bond acceptors (Lipinski definition) is 2. The summed E-state index contributed by atoms with van der Waals surface area (Å²) >= 11 is 3.56. The molecule has 1 aromatic rings.